The van der Waals surface area contributed by atoms with E-state index in [1.165, 1.54) is 0 Å². The number of rotatable bonds is 3. The van der Waals surface area contributed by atoms with Crippen LogP contribution in [0.15, 0.2) is 36.1 Å². The number of carbonyl (C=O) groups is 1. The van der Waals surface area contributed by atoms with Gasteiger partial charge in [0.2, 0.25) is 0 Å². The molecule has 1 fully saturated rings. The molecule has 1 unspecified atom stereocenters. The fourth-order valence-electron chi connectivity index (χ4n) is 3.53. The van der Waals surface area contributed by atoms with E-state index in [2.05, 4.69) is 0 Å². The Balaban J connectivity index is 1.71. The quantitative estimate of drug-likeness (QED) is 0.920. The average molecular weight is 286 g/mol. The highest BCUT2D eigenvalue weighted by atomic mass is 16.5. The smallest absolute Gasteiger partial charge is 0.167 e. The van der Waals surface area contributed by atoms with Crippen LogP contribution in [-0.4, -0.2) is 24.1 Å². The Kier molecular flexibility index (Phi) is 4.39. The third-order valence-corrected chi connectivity index (χ3v) is 4.59. The Bertz CT molecular complexity index is 527. The number of hydrogen-bond acceptors (Lipinski definition) is 3. The second-order valence-corrected chi connectivity index (χ2v) is 6.18. The molecule has 1 aliphatic heterocycles. The first kappa shape index (κ1) is 14.3. The van der Waals surface area contributed by atoms with E-state index < -0.39 is 0 Å². The predicted molar refractivity (Wildman–Crippen MR) is 81.9 cm³/mol. The average Bonchev–Trinajstić information content (AvgIpc) is 2.49. The Hall–Kier alpha value is -1.61. The summed E-state index contributed by atoms with van der Waals surface area (Å²) in [6.07, 6.45) is 4.39. The fraction of sp³-hybridized carbons (Fsp3) is 0.500. The van der Waals surface area contributed by atoms with Crippen molar-refractivity contribution in [3.05, 3.63) is 41.7 Å². The summed E-state index contributed by atoms with van der Waals surface area (Å²) < 4.78 is 5.38. The highest BCUT2D eigenvalue weighted by Crippen LogP contribution is 2.36. The fourth-order valence-corrected chi connectivity index (χ4v) is 3.53. The van der Waals surface area contributed by atoms with Gasteiger partial charge in [-0.1, -0.05) is 30.3 Å². The second-order valence-electron chi connectivity index (χ2n) is 6.18. The van der Waals surface area contributed by atoms with Gasteiger partial charge in [-0.2, -0.15) is 0 Å². The molecule has 1 aromatic carbocycles. The van der Waals surface area contributed by atoms with E-state index in [1.54, 1.807) is 0 Å². The third-order valence-electron chi connectivity index (χ3n) is 4.59. The summed E-state index contributed by atoms with van der Waals surface area (Å²) in [7, 11) is 0. The first-order valence-corrected chi connectivity index (χ1v) is 7.82. The highest BCUT2D eigenvalue weighted by molar-refractivity contribution is 6.22. The third kappa shape index (κ3) is 3.35. The lowest BCUT2D eigenvalue weighted by molar-refractivity contribution is -0.115. The van der Waals surface area contributed by atoms with E-state index >= 15 is 0 Å². The minimum absolute atomic E-state index is 0.0852. The zero-order valence-electron chi connectivity index (χ0n) is 12.3. The van der Waals surface area contributed by atoms with Crippen LogP contribution in [0.3, 0.4) is 0 Å². The Labute approximate surface area is 125 Å². The van der Waals surface area contributed by atoms with Crippen LogP contribution in [-0.2, 0) is 9.53 Å². The molecular weight excluding hydrogens is 264 g/mol. The van der Waals surface area contributed by atoms with Gasteiger partial charge in [0.1, 0.15) is 5.76 Å². The lowest BCUT2D eigenvalue weighted by Gasteiger charge is -2.29. The van der Waals surface area contributed by atoms with Gasteiger partial charge in [-0.15, -0.1) is 0 Å². The second kappa shape index (κ2) is 6.44. The van der Waals surface area contributed by atoms with Crippen LogP contribution in [0.4, 0.5) is 0 Å². The van der Waals surface area contributed by atoms with E-state index in [0.717, 1.165) is 38.0 Å². The van der Waals surface area contributed by atoms with Crippen molar-refractivity contribution in [3.8, 4) is 0 Å². The topological polar surface area (TPSA) is 46.5 Å². The number of ether oxygens (including phenoxy) is 1. The van der Waals surface area contributed by atoms with E-state index in [1.807, 2.05) is 30.3 Å². The number of carbonyl (C=O) groups excluding carboxylic acids is 1. The van der Waals surface area contributed by atoms with Crippen molar-refractivity contribution in [2.75, 3.05) is 13.2 Å². The molecule has 21 heavy (non-hydrogen) atoms. The molecule has 3 heteroatoms. The van der Waals surface area contributed by atoms with Crippen LogP contribution in [0.5, 0.6) is 0 Å². The van der Waals surface area contributed by atoms with Gasteiger partial charge in [-0.25, -0.2) is 0 Å². The number of aliphatic hydroxyl groups excluding tert-OH is 1. The van der Waals surface area contributed by atoms with Crippen LogP contribution < -0.4 is 0 Å². The van der Waals surface area contributed by atoms with Crippen molar-refractivity contribution in [3.63, 3.8) is 0 Å². The summed E-state index contributed by atoms with van der Waals surface area (Å²) in [6.45, 7) is 1.67. The van der Waals surface area contributed by atoms with E-state index in [0.29, 0.717) is 24.3 Å². The van der Waals surface area contributed by atoms with Gasteiger partial charge < -0.3 is 9.84 Å². The number of Topliss-reactive ketones (excluding diaryl/α,β-unsaturated/α-hetero) is 1. The van der Waals surface area contributed by atoms with E-state index in [9.17, 15) is 9.90 Å². The number of ketones is 1. The summed E-state index contributed by atoms with van der Waals surface area (Å²) in [6, 6.07) is 9.50. The van der Waals surface area contributed by atoms with Crippen LogP contribution in [0, 0.1) is 11.8 Å². The van der Waals surface area contributed by atoms with E-state index in [-0.39, 0.29) is 17.5 Å². The normalized spacial score (nSPS) is 24.4. The summed E-state index contributed by atoms with van der Waals surface area (Å²) in [5.74, 6) is 1.28. The first-order valence-electron chi connectivity index (χ1n) is 7.82. The molecule has 2 aliphatic rings. The Morgan fingerprint density at radius 1 is 1.05 bits per heavy atom. The summed E-state index contributed by atoms with van der Waals surface area (Å²) in [5.41, 5.74) is 1.36. The molecule has 3 rings (SSSR count). The van der Waals surface area contributed by atoms with Gasteiger partial charge in [-0.3, -0.25) is 4.79 Å². The minimum Gasteiger partial charge on any atom is -0.512 e. The Morgan fingerprint density at radius 3 is 2.43 bits per heavy atom. The molecule has 0 aromatic heterocycles. The number of benzene rings is 1. The zero-order valence-corrected chi connectivity index (χ0v) is 12.3. The van der Waals surface area contributed by atoms with Crippen LogP contribution in [0.1, 0.15) is 37.7 Å². The largest absolute Gasteiger partial charge is 0.512 e. The predicted octanol–water partition coefficient (Wildman–Crippen LogP) is 3.75. The van der Waals surface area contributed by atoms with Gasteiger partial charge in [-0.05, 0) is 36.7 Å². The van der Waals surface area contributed by atoms with Crippen molar-refractivity contribution in [2.45, 2.75) is 32.1 Å². The molecule has 112 valence electrons. The summed E-state index contributed by atoms with van der Waals surface area (Å²) in [5, 5.41) is 10.3. The molecular formula is C18H22O3. The van der Waals surface area contributed by atoms with Crippen molar-refractivity contribution < 1.29 is 14.6 Å². The Morgan fingerprint density at radius 2 is 1.76 bits per heavy atom. The van der Waals surface area contributed by atoms with Crippen molar-refractivity contribution >= 4 is 11.4 Å². The number of allylic oxidation sites excluding steroid dienone is 2. The van der Waals surface area contributed by atoms with Gasteiger partial charge in [0, 0.05) is 26.1 Å². The molecule has 1 aliphatic carbocycles. The maximum Gasteiger partial charge on any atom is 0.167 e. The van der Waals surface area contributed by atoms with Crippen LogP contribution >= 0.6 is 0 Å². The maximum absolute atomic E-state index is 12.4. The van der Waals surface area contributed by atoms with Crippen molar-refractivity contribution in [1.29, 1.82) is 0 Å². The van der Waals surface area contributed by atoms with Crippen LogP contribution in [0.25, 0.3) is 5.57 Å². The van der Waals surface area contributed by atoms with Crippen LogP contribution in [0.2, 0.25) is 0 Å². The number of hydrogen-bond donors (Lipinski definition) is 1. The highest BCUT2D eigenvalue weighted by Gasteiger charge is 2.30. The molecule has 1 heterocycles. The molecule has 0 spiro atoms. The minimum atomic E-state index is 0.0852. The van der Waals surface area contributed by atoms with Crippen molar-refractivity contribution in [1.82, 2.24) is 0 Å². The standard InChI is InChI=1S/C18H22O3/c19-16-11-14(10-13-6-8-21-9-7-13)12-17(20)18(16)15-4-2-1-3-5-15/h1-5,13-14,19H,6-12H2. The summed E-state index contributed by atoms with van der Waals surface area (Å²) in [4.78, 5) is 12.4. The summed E-state index contributed by atoms with van der Waals surface area (Å²) >= 11 is 0. The van der Waals surface area contributed by atoms with Gasteiger partial charge in [0.05, 0.1) is 5.57 Å². The zero-order chi connectivity index (χ0) is 14.7. The maximum atomic E-state index is 12.4. The molecule has 0 radical (unpaired) electrons. The first-order chi connectivity index (χ1) is 10.2. The molecule has 1 saturated heterocycles. The molecule has 1 aromatic rings. The number of aliphatic hydroxyl groups is 1. The lowest BCUT2D eigenvalue weighted by atomic mass is 9.78. The lowest BCUT2D eigenvalue weighted by Crippen LogP contribution is -2.24. The molecule has 1 N–H and O–H groups in total. The van der Waals surface area contributed by atoms with Crippen molar-refractivity contribution in [2.24, 2.45) is 11.8 Å². The monoisotopic (exact) mass is 286 g/mol. The molecule has 0 bridgehead atoms. The SMILES string of the molecule is O=C1CC(CC2CCOCC2)CC(O)=C1c1ccccc1. The molecule has 0 saturated carbocycles. The molecule has 0 amide bonds. The van der Waals surface area contributed by atoms with E-state index in [4.69, 9.17) is 4.74 Å². The van der Waals surface area contributed by atoms with Gasteiger partial charge in [0.15, 0.2) is 5.78 Å². The van der Waals surface area contributed by atoms with Gasteiger partial charge in [0.25, 0.3) is 0 Å². The molecule has 3 nitrogen and oxygen atoms in total. The molecule has 1 atom stereocenters. The van der Waals surface area contributed by atoms with Gasteiger partial charge >= 0.3 is 0 Å².